The molecule has 0 atom stereocenters. The van der Waals surface area contributed by atoms with Gasteiger partial charge in [-0.2, -0.15) is 0 Å². The molecule has 0 saturated carbocycles. The maximum atomic E-state index is 6.68. The number of nitrogens with zero attached hydrogens (tertiary/aromatic N) is 8. The molecule has 564 valence electrons. The average molecular weight is 1560 g/mol. The molecule has 0 bridgehead atoms. The van der Waals surface area contributed by atoms with E-state index < -0.39 is 0 Å². The lowest BCUT2D eigenvalue weighted by molar-refractivity contribution is 0.668. The largest absolute Gasteiger partial charge is 0.456 e. The summed E-state index contributed by atoms with van der Waals surface area (Å²) in [6, 6.07) is 141. The molecule has 0 aliphatic heterocycles. The molecule has 0 aliphatic carbocycles. The van der Waals surface area contributed by atoms with Gasteiger partial charge in [-0.1, -0.05) is 309 Å². The van der Waals surface area contributed by atoms with Crippen molar-refractivity contribution >= 4 is 141 Å². The van der Waals surface area contributed by atoms with E-state index in [2.05, 4.69) is 337 Å². The van der Waals surface area contributed by atoms with E-state index >= 15 is 0 Å². The van der Waals surface area contributed by atoms with Gasteiger partial charge in [-0.3, -0.25) is 0 Å². The molecule has 7 aromatic heterocycles. The first-order chi connectivity index (χ1) is 59.9. The van der Waals surface area contributed by atoms with Crippen LogP contribution in [0.4, 0.5) is 0 Å². The molecule has 0 amide bonds. The summed E-state index contributed by atoms with van der Waals surface area (Å²) in [5, 5.41) is 16.5. The Hall–Kier alpha value is -16.1. The van der Waals surface area contributed by atoms with Crippen LogP contribution in [0.25, 0.3) is 242 Å². The Bertz CT molecular complexity index is 8460. The number of aromatic nitrogens is 8. The molecular formula is C110H66N8O2S. The number of hydrogen-bond donors (Lipinski definition) is 0. The Labute approximate surface area is 697 Å². The molecule has 0 N–H and O–H groups in total. The van der Waals surface area contributed by atoms with Crippen LogP contribution in [-0.2, 0) is 0 Å². The SMILES string of the molecule is c1ccc(-c2ccc(-c3nc(-c4ccccc4)nc(-c4cccc(-c5cc(-n6c7ccccc7c7cc8ccccc8cc76)cc6oc7ccccc7c56)c4)n3)cc2)cc1.c1ccc(-c2nc(-c3ccc(-c4cc(-n5c6ccccc6c6cc7ccccc7cc65)cc5oc6ccccc6c45)cc3)nc(-c3cccc4c3sc3ccccc34)n2)cc1. The maximum Gasteiger partial charge on any atom is 0.165 e. The summed E-state index contributed by atoms with van der Waals surface area (Å²) < 4.78 is 20.5. The van der Waals surface area contributed by atoms with Gasteiger partial charge in [0, 0.05) is 109 Å². The fourth-order valence-electron chi connectivity index (χ4n) is 17.9. The second-order valence-electron chi connectivity index (χ2n) is 30.8. The summed E-state index contributed by atoms with van der Waals surface area (Å²) in [6.07, 6.45) is 0. The first-order valence-electron chi connectivity index (χ1n) is 40.6. The number of rotatable bonds is 11. The van der Waals surface area contributed by atoms with E-state index in [-0.39, 0.29) is 0 Å². The van der Waals surface area contributed by atoms with Crippen molar-refractivity contribution in [2.75, 3.05) is 0 Å². The summed E-state index contributed by atoms with van der Waals surface area (Å²) in [5.74, 6) is 3.76. The third-order valence-electron chi connectivity index (χ3n) is 23.6. The molecule has 11 heteroatoms. The van der Waals surface area contributed by atoms with E-state index in [9.17, 15) is 0 Å². The fraction of sp³-hybridized carbons (Fsp3) is 0. The third kappa shape index (κ3) is 11.9. The van der Waals surface area contributed by atoms with Crippen molar-refractivity contribution < 1.29 is 8.83 Å². The van der Waals surface area contributed by atoms with E-state index in [1.54, 1.807) is 11.3 Å². The summed E-state index contributed by atoms with van der Waals surface area (Å²) in [5.41, 5.74) is 22.2. The standard InChI is InChI=1S/C55H32N4OS.C55H34N4O/c1-2-13-34(14-3-1)53-56-54(58-55(57-53)43-21-12-20-41-40-18-8-11-24-50(40)61-52(41)43)35-27-25-33(26-28-35)44-31-38(32-49-51(44)42-19-7-10-23-48(42)60-49)59-46-22-9-6-17-39(46)45-29-36-15-4-5-16-37(36)30-47(45)59;1-3-14-35(15-4-1)36-26-28-38(29-27-36)54-56-53(37-16-5-2-6-17-37)57-55(58-54)42-21-13-20-41(30-42)46-33-43(34-51-52(46)45-23-10-12-25-50(45)60-51)59-48-24-11-9-22-44(48)47-31-39-18-7-8-19-40(39)32-49(47)59/h1-32H;1-34H. The van der Waals surface area contributed by atoms with Crippen LogP contribution in [0.3, 0.4) is 0 Å². The van der Waals surface area contributed by atoms with Gasteiger partial charge in [-0.05, 0) is 134 Å². The van der Waals surface area contributed by atoms with Crippen molar-refractivity contribution in [1.82, 2.24) is 39.0 Å². The molecule has 25 rings (SSSR count). The number of fused-ring (bicyclic) bond motifs is 17. The summed E-state index contributed by atoms with van der Waals surface area (Å²) in [6.45, 7) is 0. The van der Waals surface area contributed by atoms with Gasteiger partial charge in [0.05, 0.1) is 33.4 Å². The Kier molecular flexibility index (Phi) is 16.2. The molecule has 18 aromatic carbocycles. The zero-order chi connectivity index (χ0) is 79.6. The van der Waals surface area contributed by atoms with Crippen LogP contribution in [0, 0.1) is 0 Å². The second kappa shape index (κ2) is 28.4. The van der Waals surface area contributed by atoms with Crippen molar-refractivity contribution in [2.24, 2.45) is 0 Å². The summed E-state index contributed by atoms with van der Waals surface area (Å²) in [7, 11) is 0. The predicted octanol–water partition coefficient (Wildman–Crippen LogP) is 29.4. The highest BCUT2D eigenvalue weighted by atomic mass is 32.1. The number of thiophene rings is 1. The van der Waals surface area contributed by atoms with Crippen LogP contribution < -0.4 is 0 Å². The number of hydrogen-bond acceptors (Lipinski definition) is 9. The lowest BCUT2D eigenvalue weighted by Gasteiger charge is -2.13. The van der Waals surface area contributed by atoms with Gasteiger partial charge in [0.1, 0.15) is 22.3 Å². The first-order valence-corrected chi connectivity index (χ1v) is 41.4. The fourth-order valence-corrected chi connectivity index (χ4v) is 19.2. The summed E-state index contributed by atoms with van der Waals surface area (Å²) >= 11 is 1.78. The quantitative estimate of drug-likeness (QED) is 0.126. The molecular weight excluding hydrogens is 1500 g/mol. The molecule has 0 spiro atoms. The molecule has 0 saturated heterocycles. The van der Waals surface area contributed by atoms with Crippen LogP contribution in [0.1, 0.15) is 0 Å². The minimum Gasteiger partial charge on any atom is -0.456 e. The van der Waals surface area contributed by atoms with Crippen molar-refractivity contribution in [2.45, 2.75) is 0 Å². The predicted molar refractivity (Wildman–Crippen MR) is 500 cm³/mol. The molecule has 121 heavy (non-hydrogen) atoms. The van der Waals surface area contributed by atoms with Crippen LogP contribution >= 0.6 is 11.3 Å². The van der Waals surface area contributed by atoms with Crippen molar-refractivity contribution in [3.63, 3.8) is 0 Å². The Morgan fingerprint density at radius 1 is 0.198 bits per heavy atom. The van der Waals surface area contributed by atoms with Crippen LogP contribution in [-0.4, -0.2) is 39.0 Å². The highest BCUT2D eigenvalue weighted by molar-refractivity contribution is 7.26. The van der Waals surface area contributed by atoms with Crippen LogP contribution in [0.2, 0.25) is 0 Å². The Morgan fingerprint density at radius 2 is 0.554 bits per heavy atom. The third-order valence-corrected chi connectivity index (χ3v) is 24.9. The lowest BCUT2D eigenvalue weighted by atomic mass is 9.97. The maximum absolute atomic E-state index is 6.68. The van der Waals surface area contributed by atoms with E-state index in [0.717, 1.165) is 144 Å². The molecule has 0 fully saturated rings. The minimum atomic E-state index is 0.603. The normalized spacial score (nSPS) is 11.8. The second-order valence-corrected chi connectivity index (χ2v) is 31.8. The molecule has 7 heterocycles. The van der Waals surface area contributed by atoms with Gasteiger partial charge in [0.25, 0.3) is 0 Å². The van der Waals surface area contributed by atoms with E-state index in [1.807, 2.05) is 72.8 Å². The smallest absolute Gasteiger partial charge is 0.165 e. The number of para-hydroxylation sites is 4. The van der Waals surface area contributed by atoms with Gasteiger partial charge in [-0.25, -0.2) is 29.9 Å². The van der Waals surface area contributed by atoms with Crippen molar-refractivity contribution in [3.05, 3.63) is 400 Å². The zero-order valence-corrected chi connectivity index (χ0v) is 65.7. The summed E-state index contributed by atoms with van der Waals surface area (Å²) in [4.78, 5) is 30.7. The zero-order valence-electron chi connectivity index (χ0n) is 64.9. The van der Waals surface area contributed by atoms with E-state index in [0.29, 0.717) is 34.9 Å². The highest BCUT2D eigenvalue weighted by Gasteiger charge is 2.25. The van der Waals surface area contributed by atoms with Crippen LogP contribution in [0.15, 0.2) is 409 Å². The van der Waals surface area contributed by atoms with Gasteiger partial charge in [-0.15, -0.1) is 11.3 Å². The van der Waals surface area contributed by atoms with Crippen molar-refractivity contribution in [1.29, 1.82) is 0 Å². The van der Waals surface area contributed by atoms with Crippen molar-refractivity contribution in [3.8, 4) is 113 Å². The van der Waals surface area contributed by atoms with E-state index in [1.165, 1.54) is 63.3 Å². The van der Waals surface area contributed by atoms with Crippen LogP contribution in [0.5, 0.6) is 0 Å². The molecule has 0 aliphatic rings. The lowest BCUT2D eigenvalue weighted by Crippen LogP contribution is -2.00. The number of furan rings is 2. The Morgan fingerprint density at radius 3 is 1.07 bits per heavy atom. The van der Waals surface area contributed by atoms with Gasteiger partial charge < -0.3 is 18.0 Å². The van der Waals surface area contributed by atoms with Gasteiger partial charge in [0.2, 0.25) is 0 Å². The van der Waals surface area contributed by atoms with E-state index in [4.69, 9.17) is 38.7 Å². The first kappa shape index (κ1) is 69.2. The van der Waals surface area contributed by atoms with Gasteiger partial charge >= 0.3 is 0 Å². The molecule has 25 aromatic rings. The molecule has 10 nitrogen and oxygen atoms in total. The number of benzene rings is 18. The molecule has 0 radical (unpaired) electrons. The topological polar surface area (TPSA) is 113 Å². The average Bonchev–Trinajstić information content (AvgIpc) is 1.58. The Balaban J connectivity index is 0.000000137. The van der Waals surface area contributed by atoms with Gasteiger partial charge in [0.15, 0.2) is 34.9 Å². The minimum absolute atomic E-state index is 0.603. The highest BCUT2D eigenvalue weighted by Crippen LogP contribution is 2.47. The molecule has 0 unspecified atom stereocenters. The monoisotopic (exact) mass is 1560 g/mol.